The van der Waals surface area contributed by atoms with Crippen LogP contribution in [0.15, 0.2) is 65.1 Å². The number of nitrogens with zero attached hydrogens (tertiary/aromatic N) is 1. The van der Waals surface area contributed by atoms with E-state index in [1.54, 1.807) is 7.11 Å². The molecule has 0 spiro atoms. The van der Waals surface area contributed by atoms with Crippen LogP contribution in [0, 0.1) is 12.8 Å². The fraction of sp³-hybridized carbons (Fsp3) is 0.250. The summed E-state index contributed by atoms with van der Waals surface area (Å²) in [5.41, 5.74) is 5.76. The summed E-state index contributed by atoms with van der Waals surface area (Å²) in [5.74, 6) is 1.66. The molecule has 0 aliphatic carbocycles. The summed E-state index contributed by atoms with van der Waals surface area (Å²) in [5, 5.41) is 0. The van der Waals surface area contributed by atoms with Crippen LogP contribution in [0.2, 0.25) is 0 Å². The molecule has 1 heterocycles. The normalized spacial score (nSPS) is 14.2. The number of fused-ring (bicyclic) bond motifs is 1. The molecule has 1 amide bonds. The lowest BCUT2D eigenvalue weighted by atomic mass is 10.0. The Hall–Kier alpha value is -3.05. The van der Waals surface area contributed by atoms with Crippen molar-refractivity contribution in [3.05, 3.63) is 87.4 Å². The third-order valence-electron chi connectivity index (χ3n) is 5.61. The van der Waals surface area contributed by atoms with Gasteiger partial charge in [0.2, 0.25) is 0 Å². The number of para-hydroxylation sites is 1. The molecule has 5 heteroatoms. The van der Waals surface area contributed by atoms with E-state index in [1.807, 2.05) is 47.4 Å². The fourth-order valence-corrected chi connectivity index (χ4v) is 4.36. The van der Waals surface area contributed by atoms with Crippen molar-refractivity contribution >= 4 is 39.2 Å². The van der Waals surface area contributed by atoms with Crippen molar-refractivity contribution in [3.63, 3.8) is 0 Å². The Bertz CT molecular complexity index is 1200. The number of hydrogen-bond donors (Lipinski definition) is 0. The number of rotatable bonds is 7. The van der Waals surface area contributed by atoms with Gasteiger partial charge in [0.15, 0.2) is 11.5 Å². The molecule has 0 aromatic heterocycles. The maximum Gasteiger partial charge on any atom is 0.259 e. The summed E-state index contributed by atoms with van der Waals surface area (Å²) in [6.45, 7) is 7.43. The number of aryl methyl sites for hydroxylation is 1. The lowest BCUT2D eigenvalue weighted by Gasteiger charge is -2.19. The molecule has 1 aliphatic rings. The van der Waals surface area contributed by atoms with Crippen molar-refractivity contribution in [2.24, 2.45) is 5.92 Å². The van der Waals surface area contributed by atoms with Crippen LogP contribution < -0.4 is 14.4 Å². The zero-order valence-corrected chi connectivity index (χ0v) is 21.0. The second-order valence-corrected chi connectivity index (χ2v) is 9.54. The molecule has 0 radical (unpaired) electrons. The number of benzene rings is 3. The van der Waals surface area contributed by atoms with Crippen LogP contribution in [-0.2, 0) is 11.4 Å². The van der Waals surface area contributed by atoms with Crippen molar-refractivity contribution in [2.45, 2.75) is 27.4 Å². The monoisotopic (exact) mass is 505 g/mol. The van der Waals surface area contributed by atoms with Crippen LogP contribution in [0.1, 0.15) is 36.1 Å². The van der Waals surface area contributed by atoms with Gasteiger partial charge in [-0.25, -0.2) is 0 Å². The van der Waals surface area contributed by atoms with Gasteiger partial charge >= 0.3 is 0 Å². The standard InChI is InChI=1S/C28H28BrNO3/c1-18(2)16-30-25-8-6-5-7-22(25)23(28(30)31)13-21-14-26(32-4)27(15-24(21)29)33-17-20-11-9-19(3)10-12-20/h5-15,18H,16-17H2,1-4H3/b23-13-. The number of methoxy groups -OCH3 is 1. The first-order valence-corrected chi connectivity index (χ1v) is 11.9. The molecule has 0 fully saturated rings. The molecule has 4 rings (SSSR count). The number of carbonyl (C=O) groups excluding carboxylic acids is 1. The maximum absolute atomic E-state index is 13.3. The van der Waals surface area contributed by atoms with Crippen molar-refractivity contribution in [3.8, 4) is 11.5 Å². The van der Waals surface area contributed by atoms with Gasteiger partial charge in [-0.3, -0.25) is 4.79 Å². The highest BCUT2D eigenvalue weighted by molar-refractivity contribution is 9.10. The first-order valence-electron chi connectivity index (χ1n) is 11.1. The van der Waals surface area contributed by atoms with Crippen molar-refractivity contribution in [1.29, 1.82) is 0 Å². The fourth-order valence-electron chi connectivity index (χ4n) is 3.93. The van der Waals surface area contributed by atoms with Gasteiger partial charge in [-0.2, -0.15) is 0 Å². The van der Waals surface area contributed by atoms with Gasteiger partial charge in [0.05, 0.1) is 12.8 Å². The molecule has 0 bridgehead atoms. The van der Waals surface area contributed by atoms with Gasteiger partial charge in [-0.05, 0) is 48.2 Å². The minimum absolute atomic E-state index is 0.0236. The lowest BCUT2D eigenvalue weighted by Crippen LogP contribution is -2.30. The van der Waals surface area contributed by atoms with Crippen LogP contribution in [0.4, 0.5) is 5.69 Å². The summed E-state index contributed by atoms with van der Waals surface area (Å²) in [4.78, 5) is 15.2. The second kappa shape index (κ2) is 9.84. The average molecular weight is 506 g/mol. The molecule has 3 aromatic rings. The molecule has 0 N–H and O–H groups in total. The van der Waals surface area contributed by atoms with Crippen LogP contribution in [0.3, 0.4) is 0 Å². The number of ether oxygens (including phenoxy) is 2. The van der Waals surface area contributed by atoms with Crippen molar-refractivity contribution in [1.82, 2.24) is 0 Å². The van der Waals surface area contributed by atoms with Crippen LogP contribution in [0.5, 0.6) is 11.5 Å². The topological polar surface area (TPSA) is 38.8 Å². The second-order valence-electron chi connectivity index (χ2n) is 8.68. The van der Waals surface area contributed by atoms with Crippen LogP contribution >= 0.6 is 15.9 Å². The van der Waals surface area contributed by atoms with Crippen molar-refractivity contribution in [2.75, 3.05) is 18.6 Å². The zero-order valence-electron chi connectivity index (χ0n) is 19.4. The maximum atomic E-state index is 13.3. The summed E-state index contributed by atoms with van der Waals surface area (Å²) < 4.78 is 12.5. The number of amides is 1. The number of halogens is 1. The summed E-state index contributed by atoms with van der Waals surface area (Å²) in [6.07, 6.45) is 1.93. The molecule has 1 aliphatic heterocycles. The average Bonchev–Trinajstić information content (AvgIpc) is 3.05. The van der Waals surface area contributed by atoms with Gasteiger partial charge in [-0.1, -0.05) is 77.8 Å². The largest absolute Gasteiger partial charge is 0.493 e. The minimum Gasteiger partial charge on any atom is -0.493 e. The SMILES string of the molecule is COc1cc(/C=C2\C(=O)N(CC(C)C)c3ccccc32)c(Br)cc1OCc1ccc(C)cc1. The number of anilines is 1. The minimum atomic E-state index is 0.0236. The highest BCUT2D eigenvalue weighted by Gasteiger charge is 2.32. The third kappa shape index (κ3) is 4.98. The van der Waals surface area contributed by atoms with E-state index in [0.717, 1.165) is 26.9 Å². The van der Waals surface area contributed by atoms with Gasteiger partial charge in [0.1, 0.15) is 6.61 Å². The third-order valence-corrected chi connectivity index (χ3v) is 6.29. The molecule has 4 nitrogen and oxygen atoms in total. The Labute approximate surface area is 204 Å². The predicted octanol–water partition coefficient (Wildman–Crippen LogP) is 6.89. The van der Waals surface area contributed by atoms with Gasteiger partial charge in [-0.15, -0.1) is 0 Å². The van der Waals surface area contributed by atoms with E-state index < -0.39 is 0 Å². The molecule has 33 heavy (non-hydrogen) atoms. The van der Waals surface area contributed by atoms with Gasteiger partial charge < -0.3 is 14.4 Å². The molecule has 3 aromatic carbocycles. The van der Waals surface area contributed by atoms with E-state index in [0.29, 0.717) is 36.1 Å². The first kappa shape index (κ1) is 23.1. The highest BCUT2D eigenvalue weighted by Crippen LogP contribution is 2.41. The molecule has 170 valence electrons. The van der Waals surface area contributed by atoms with E-state index in [1.165, 1.54) is 5.56 Å². The lowest BCUT2D eigenvalue weighted by molar-refractivity contribution is -0.113. The van der Waals surface area contributed by atoms with E-state index in [4.69, 9.17) is 9.47 Å². The van der Waals surface area contributed by atoms with E-state index in [9.17, 15) is 4.79 Å². The molecular weight excluding hydrogens is 478 g/mol. The first-order chi connectivity index (χ1) is 15.9. The van der Waals surface area contributed by atoms with E-state index >= 15 is 0 Å². The van der Waals surface area contributed by atoms with E-state index in [2.05, 4.69) is 61.0 Å². The molecule has 0 atom stereocenters. The Balaban J connectivity index is 1.65. The Morgan fingerprint density at radius 3 is 2.45 bits per heavy atom. The predicted molar refractivity (Wildman–Crippen MR) is 138 cm³/mol. The quantitative estimate of drug-likeness (QED) is 0.328. The Kier molecular flexibility index (Phi) is 6.89. The van der Waals surface area contributed by atoms with Crippen LogP contribution in [0.25, 0.3) is 11.6 Å². The Morgan fingerprint density at radius 1 is 1.03 bits per heavy atom. The molecule has 0 saturated carbocycles. The Morgan fingerprint density at radius 2 is 1.76 bits per heavy atom. The number of hydrogen-bond acceptors (Lipinski definition) is 3. The van der Waals surface area contributed by atoms with Gasteiger partial charge in [0, 0.05) is 22.2 Å². The smallest absolute Gasteiger partial charge is 0.259 e. The molecule has 0 saturated heterocycles. The summed E-state index contributed by atoms with van der Waals surface area (Å²) in [7, 11) is 1.62. The summed E-state index contributed by atoms with van der Waals surface area (Å²) >= 11 is 3.66. The zero-order chi connectivity index (χ0) is 23.5. The molecular formula is C28H28BrNO3. The highest BCUT2D eigenvalue weighted by atomic mass is 79.9. The summed E-state index contributed by atoms with van der Waals surface area (Å²) in [6, 6.07) is 20.0. The number of carbonyl (C=O) groups is 1. The van der Waals surface area contributed by atoms with Crippen LogP contribution in [-0.4, -0.2) is 19.6 Å². The molecule has 0 unspecified atom stereocenters. The van der Waals surface area contributed by atoms with Gasteiger partial charge in [0.25, 0.3) is 5.91 Å². The van der Waals surface area contributed by atoms with E-state index in [-0.39, 0.29) is 5.91 Å². The van der Waals surface area contributed by atoms with Crippen molar-refractivity contribution < 1.29 is 14.3 Å².